The van der Waals surface area contributed by atoms with Crippen LogP contribution in [0.15, 0.2) is 89.8 Å². The molecule has 0 amide bonds. The van der Waals surface area contributed by atoms with Gasteiger partial charge in [0.05, 0.1) is 18.1 Å². The minimum absolute atomic E-state index is 0.283. The first-order valence-electron chi connectivity index (χ1n) is 9.92. The van der Waals surface area contributed by atoms with E-state index in [0.29, 0.717) is 17.4 Å². The molecular weight excluding hydrogens is 407 g/mol. The SMILES string of the molecule is Fc1ccc(-c2[nH]ncc2-c2ccc3ncc(-c4noc(-c5ccccc5)n4)n3c2)cc1. The average Bonchev–Trinajstić information content (AvgIpc) is 3.58. The summed E-state index contributed by atoms with van der Waals surface area (Å²) < 4.78 is 20.7. The van der Waals surface area contributed by atoms with E-state index in [-0.39, 0.29) is 5.82 Å². The van der Waals surface area contributed by atoms with Gasteiger partial charge in [-0.2, -0.15) is 10.1 Å². The van der Waals surface area contributed by atoms with Crippen molar-refractivity contribution >= 4 is 5.65 Å². The van der Waals surface area contributed by atoms with Gasteiger partial charge in [-0.1, -0.05) is 23.4 Å². The van der Waals surface area contributed by atoms with E-state index < -0.39 is 0 Å². The molecule has 0 fully saturated rings. The van der Waals surface area contributed by atoms with E-state index in [0.717, 1.165) is 33.6 Å². The van der Waals surface area contributed by atoms with Crippen LogP contribution in [0.3, 0.4) is 0 Å². The maximum atomic E-state index is 13.4. The molecule has 0 aliphatic heterocycles. The van der Waals surface area contributed by atoms with Crippen LogP contribution in [0.2, 0.25) is 0 Å². The van der Waals surface area contributed by atoms with Crippen molar-refractivity contribution in [2.45, 2.75) is 0 Å². The summed E-state index contributed by atoms with van der Waals surface area (Å²) in [5.41, 5.74) is 5.75. The molecule has 0 atom stereocenters. The van der Waals surface area contributed by atoms with Crippen LogP contribution in [0, 0.1) is 5.82 Å². The third-order valence-corrected chi connectivity index (χ3v) is 5.26. The molecule has 0 unspecified atom stereocenters. The van der Waals surface area contributed by atoms with Crippen LogP contribution in [0.5, 0.6) is 0 Å². The second kappa shape index (κ2) is 7.28. The van der Waals surface area contributed by atoms with E-state index in [1.54, 1.807) is 24.5 Å². The second-order valence-electron chi connectivity index (χ2n) is 7.24. The molecule has 0 saturated heterocycles. The lowest BCUT2D eigenvalue weighted by molar-refractivity contribution is 0.432. The molecule has 6 rings (SSSR count). The summed E-state index contributed by atoms with van der Waals surface area (Å²) in [6.45, 7) is 0. The average molecular weight is 422 g/mol. The Morgan fingerprint density at radius 1 is 0.844 bits per heavy atom. The Hall–Kier alpha value is -4.59. The molecule has 0 spiro atoms. The van der Waals surface area contributed by atoms with Crippen molar-refractivity contribution in [3.05, 3.63) is 91.1 Å². The number of aromatic amines is 1. The van der Waals surface area contributed by atoms with Crippen molar-refractivity contribution in [3.8, 4) is 45.4 Å². The summed E-state index contributed by atoms with van der Waals surface area (Å²) in [5, 5.41) is 11.4. The maximum absolute atomic E-state index is 13.4. The zero-order valence-corrected chi connectivity index (χ0v) is 16.6. The van der Waals surface area contributed by atoms with Gasteiger partial charge in [-0.15, -0.1) is 0 Å². The first kappa shape index (κ1) is 18.2. The molecule has 0 aliphatic rings. The lowest BCUT2D eigenvalue weighted by Gasteiger charge is -2.06. The summed E-state index contributed by atoms with van der Waals surface area (Å²) in [6.07, 6.45) is 5.42. The molecule has 2 aromatic carbocycles. The van der Waals surface area contributed by atoms with Crippen molar-refractivity contribution in [2.24, 2.45) is 0 Å². The number of nitrogens with zero attached hydrogens (tertiary/aromatic N) is 5. The quantitative estimate of drug-likeness (QED) is 0.420. The van der Waals surface area contributed by atoms with E-state index in [9.17, 15) is 4.39 Å². The normalized spacial score (nSPS) is 11.3. The van der Waals surface area contributed by atoms with Crippen molar-refractivity contribution in [1.82, 2.24) is 29.7 Å². The number of imidazole rings is 1. The molecule has 0 bridgehead atoms. The molecule has 0 aliphatic carbocycles. The Morgan fingerprint density at radius 3 is 2.50 bits per heavy atom. The maximum Gasteiger partial charge on any atom is 0.258 e. The molecule has 7 nitrogen and oxygen atoms in total. The molecule has 0 radical (unpaired) electrons. The third kappa shape index (κ3) is 3.05. The van der Waals surface area contributed by atoms with Crippen LogP contribution in [0.1, 0.15) is 0 Å². The van der Waals surface area contributed by atoms with Crippen LogP contribution in [0.4, 0.5) is 4.39 Å². The highest BCUT2D eigenvalue weighted by atomic mass is 19.1. The van der Waals surface area contributed by atoms with Gasteiger partial charge >= 0.3 is 0 Å². The molecule has 154 valence electrons. The van der Waals surface area contributed by atoms with Gasteiger partial charge in [-0.3, -0.25) is 9.50 Å². The summed E-state index contributed by atoms with van der Waals surface area (Å²) in [7, 11) is 0. The molecule has 1 N–H and O–H groups in total. The van der Waals surface area contributed by atoms with Crippen molar-refractivity contribution in [3.63, 3.8) is 0 Å². The van der Waals surface area contributed by atoms with Gasteiger partial charge in [-0.05, 0) is 48.5 Å². The molecule has 0 saturated carbocycles. The fraction of sp³-hybridized carbons (Fsp3) is 0. The van der Waals surface area contributed by atoms with Gasteiger partial charge in [-0.25, -0.2) is 9.37 Å². The van der Waals surface area contributed by atoms with Crippen molar-refractivity contribution in [2.75, 3.05) is 0 Å². The minimum atomic E-state index is -0.283. The van der Waals surface area contributed by atoms with Crippen molar-refractivity contribution < 1.29 is 8.91 Å². The standard InChI is InChI=1S/C24H15FN6O/c25-18-9-6-15(7-10-18)22-19(12-27-29-22)17-8-11-21-26-13-20(31(21)14-17)23-28-24(32-30-23)16-4-2-1-3-5-16/h1-14H,(H,27,29). The van der Waals surface area contributed by atoms with Crippen LogP contribution in [0.25, 0.3) is 51.0 Å². The van der Waals surface area contributed by atoms with Crippen LogP contribution in [-0.2, 0) is 0 Å². The number of H-pyrrole nitrogens is 1. The van der Waals surface area contributed by atoms with Crippen LogP contribution in [-0.4, -0.2) is 29.7 Å². The van der Waals surface area contributed by atoms with Gasteiger partial charge in [0, 0.05) is 28.5 Å². The number of hydrogen-bond donors (Lipinski definition) is 1. The number of fused-ring (bicyclic) bond motifs is 1. The molecule has 4 heterocycles. The largest absolute Gasteiger partial charge is 0.334 e. The highest BCUT2D eigenvalue weighted by Gasteiger charge is 2.16. The predicted octanol–water partition coefficient (Wildman–Crippen LogP) is 5.25. The van der Waals surface area contributed by atoms with E-state index in [4.69, 9.17) is 4.52 Å². The van der Waals surface area contributed by atoms with Crippen LogP contribution >= 0.6 is 0 Å². The van der Waals surface area contributed by atoms with E-state index in [1.807, 2.05) is 53.1 Å². The topological polar surface area (TPSA) is 84.9 Å². The summed E-state index contributed by atoms with van der Waals surface area (Å²) in [6, 6.07) is 19.8. The van der Waals surface area contributed by atoms with E-state index in [2.05, 4.69) is 25.3 Å². The first-order valence-corrected chi connectivity index (χ1v) is 9.92. The Kier molecular flexibility index (Phi) is 4.14. The van der Waals surface area contributed by atoms with Gasteiger partial charge < -0.3 is 4.52 Å². The number of rotatable bonds is 4. The van der Waals surface area contributed by atoms with E-state index in [1.165, 1.54) is 12.1 Å². The number of hydrogen-bond acceptors (Lipinski definition) is 5. The Labute approximate surface area is 181 Å². The van der Waals surface area contributed by atoms with Gasteiger partial charge in [0.2, 0.25) is 5.82 Å². The van der Waals surface area contributed by atoms with E-state index >= 15 is 0 Å². The Balaban J connectivity index is 1.43. The summed E-state index contributed by atoms with van der Waals surface area (Å²) in [4.78, 5) is 9.01. The summed E-state index contributed by atoms with van der Waals surface area (Å²) >= 11 is 0. The lowest BCUT2D eigenvalue weighted by Crippen LogP contribution is -1.92. The van der Waals surface area contributed by atoms with Gasteiger partial charge in [0.1, 0.15) is 17.2 Å². The number of pyridine rings is 1. The molecular formula is C24H15FN6O. The lowest BCUT2D eigenvalue weighted by atomic mass is 10.0. The fourth-order valence-corrected chi connectivity index (χ4v) is 3.67. The molecule has 4 aromatic heterocycles. The zero-order chi connectivity index (χ0) is 21.5. The number of aromatic nitrogens is 6. The number of halogens is 1. The van der Waals surface area contributed by atoms with Gasteiger partial charge in [0.25, 0.3) is 5.89 Å². The zero-order valence-electron chi connectivity index (χ0n) is 16.6. The fourth-order valence-electron chi connectivity index (χ4n) is 3.67. The van der Waals surface area contributed by atoms with Gasteiger partial charge in [0.15, 0.2) is 0 Å². The third-order valence-electron chi connectivity index (χ3n) is 5.26. The molecule has 6 aromatic rings. The predicted molar refractivity (Wildman–Crippen MR) is 117 cm³/mol. The highest BCUT2D eigenvalue weighted by Crippen LogP contribution is 2.31. The number of nitrogens with one attached hydrogen (secondary N) is 1. The number of benzene rings is 2. The minimum Gasteiger partial charge on any atom is -0.334 e. The Morgan fingerprint density at radius 2 is 1.66 bits per heavy atom. The second-order valence-corrected chi connectivity index (χ2v) is 7.24. The smallest absolute Gasteiger partial charge is 0.258 e. The highest BCUT2D eigenvalue weighted by molar-refractivity contribution is 5.80. The summed E-state index contributed by atoms with van der Waals surface area (Å²) in [5.74, 6) is 0.605. The monoisotopic (exact) mass is 422 g/mol. The Bertz CT molecular complexity index is 1530. The van der Waals surface area contributed by atoms with Crippen LogP contribution < -0.4 is 0 Å². The molecule has 8 heteroatoms. The molecule has 32 heavy (non-hydrogen) atoms. The first-order chi connectivity index (χ1) is 15.8. The van der Waals surface area contributed by atoms with Crippen molar-refractivity contribution in [1.29, 1.82) is 0 Å².